The number of ketones is 1. The number of aryl methyl sites for hydroxylation is 1. The maximum Gasteiger partial charge on any atom is 0.196 e. The number of aromatic nitrogens is 2. The van der Waals surface area contributed by atoms with E-state index in [-0.39, 0.29) is 12.3 Å². The topological polar surface area (TPSA) is 68.9 Å². The third kappa shape index (κ3) is 1.65. The highest BCUT2D eigenvalue weighted by Gasteiger charge is 2.09. The average molecular weight is 165 g/mol. The van der Waals surface area contributed by atoms with Crippen molar-refractivity contribution in [2.75, 3.05) is 6.54 Å². The molecule has 0 fully saturated rings. The molecule has 4 nitrogen and oxygen atoms in total. The highest BCUT2D eigenvalue weighted by molar-refractivity contribution is 5.96. The Kier molecular flexibility index (Phi) is 2.88. The summed E-state index contributed by atoms with van der Waals surface area (Å²) in [6.07, 6.45) is 3.78. The number of rotatable bonds is 3. The van der Waals surface area contributed by atoms with Gasteiger partial charge in [0, 0.05) is 12.4 Å². The summed E-state index contributed by atoms with van der Waals surface area (Å²) in [6, 6.07) is 0. The highest BCUT2D eigenvalue weighted by Crippen LogP contribution is 2.02. The molecule has 0 aliphatic rings. The summed E-state index contributed by atoms with van der Waals surface area (Å²) in [6.45, 7) is 1.92. The van der Waals surface area contributed by atoms with Crippen LogP contribution >= 0.6 is 0 Å². The molecule has 1 heterocycles. The van der Waals surface area contributed by atoms with Gasteiger partial charge in [-0.25, -0.2) is 4.98 Å². The van der Waals surface area contributed by atoms with Gasteiger partial charge in [0.2, 0.25) is 0 Å². The lowest BCUT2D eigenvalue weighted by molar-refractivity contribution is 0.0995. The Morgan fingerprint density at radius 1 is 1.50 bits per heavy atom. The van der Waals surface area contributed by atoms with E-state index >= 15 is 0 Å². The van der Waals surface area contributed by atoms with E-state index in [0.29, 0.717) is 17.8 Å². The summed E-state index contributed by atoms with van der Waals surface area (Å²) in [5.41, 5.74) is 6.33. The van der Waals surface area contributed by atoms with Crippen molar-refractivity contribution in [1.82, 2.24) is 9.97 Å². The zero-order chi connectivity index (χ0) is 8.97. The second-order valence-electron chi connectivity index (χ2n) is 2.33. The van der Waals surface area contributed by atoms with Crippen LogP contribution in [0.1, 0.15) is 23.1 Å². The Labute approximate surface area is 70.8 Å². The first-order chi connectivity index (χ1) is 5.79. The number of nitrogens with zero attached hydrogens (tertiary/aromatic N) is 2. The molecular weight excluding hydrogens is 154 g/mol. The van der Waals surface area contributed by atoms with Crippen LogP contribution < -0.4 is 5.73 Å². The van der Waals surface area contributed by atoms with Gasteiger partial charge in [0.1, 0.15) is 5.69 Å². The monoisotopic (exact) mass is 165 g/mol. The average Bonchev–Trinajstić information content (AvgIpc) is 2.16. The Bertz CT molecular complexity index is 285. The van der Waals surface area contributed by atoms with Crippen molar-refractivity contribution < 1.29 is 4.79 Å². The molecular formula is C8H11N3O. The van der Waals surface area contributed by atoms with Gasteiger partial charge < -0.3 is 5.73 Å². The van der Waals surface area contributed by atoms with Crippen molar-refractivity contribution >= 4 is 5.78 Å². The molecule has 0 saturated carbocycles. The number of carbonyl (C=O) groups is 1. The zero-order valence-corrected chi connectivity index (χ0v) is 6.95. The Balaban J connectivity index is 3.04. The molecule has 64 valence electrons. The summed E-state index contributed by atoms with van der Waals surface area (Å²) >= 11 is 0. The predicted molar refractivity (Wildman–Crippen MR) is 44.8 cm³/mol. The van der Waals surface area contributed by atoms with Crippen LogP contribution in [0.2, 0.25) is 0 Å². The Morgan fingerprint density at radius 3 is 2.75 bits per heavy atom. The van der Waals surface area contributed by atoms with Crippen LogP contribution in [0.15, 0.2) is 12.4 Å². The van der Waals surface area contributed by atoms with E-state index < -0.39 is 0 Å². The van der Waals surface area contributed by atoms with Crippen LogP contribution in [0.5, 0.6) is 0 Å². The fraction of sp³-hybridized carbons (Fsp3) is 0.375. The van der Waals surface area contributed by atoms with E-state index in [0.717, 1.165) is 0 Å². The summed E-state index contributed by atoms with van der Waals surface area (Å²) in [7, 11) is 0. The smallest absolute Gasteiger partial charge is 0.196 e. The first-order valence-electron chi connectivity index (χ1n) is 3.82. The van der Waals surface area contributed by atoms with Crippen molar-refractivity contribution in [3.05, 3.63) is 23.8 Å². The zero-order valence-electron chi connectivity index (χ0n) is 6.95. The van der Waals surface area contributed by atoms with E-state index in [4.69, 9.17) is 5.73 Å². The molecule has 0 aliphatic carbocycles. The van der Waals surface area contributed by atoms with E-state index in [2.05, 4.69) is 9.97 Å². The van der Waals surface area contributed by atoms with Gasteiger partial charge >= 0.3 is 0 Å². The number of hydrogen-bond acceptors (Lipinski definition) is 4. The highest BCUT2D eigenvalue weighted by atomic mass is 16.1. The molecule has 0 radical (unpaired) electrons. The van der Waals surface area contributed by atoms with Crippen LogP contribution in [0.4, 0.5) is 0 Å². The second-order valence-corrected chi connectivity index (χ2v) is 2.33. The summed E-state index contributed by atoms with van der Waals surface area (Å²) in [5.74, 6) is -0.153. The molecule has 1 aromatic rings. The third-order valence-electron chi connectivity index (χ3n) is 1.56. The van der Waals surface area contributed by atoms with Gasteiger partial charge in [0.15, 0.2) is 5.78 Å². The van der Waals surface area contributed by atoms with E-state index in [1.54, 1.807) is 6.20 Å². The quantitative estimate of drug-likeness (QED) is 0.649. The van der Waals surface area contributed by atoms with Crippen molar-refractivity contribution in [2.45, 2.75) is 13.3 Å². The van der Waals surface area contributed by atoms with Crippen molar-refractivity contribution in [1.29, 1.82) is 0 Å². The molecule has 4 heteroatoms. The first kappa shape index (κ1) is 8.80. The largest absolute Gasteiger partial charge is 0.324 e. The molecule has 1 rings (SSSR count). The molecule has 0 amide bonds. The van der Waals surface area contributed by atoms with Gasteiger partial charge in [-0.1, -0.05) is 6.92 Å². The first-order valence-corrected chi connectivity index (χ1v) is 3.82. The third-order valence-corrected chi connectivity index (χ3v) is 1.56. The lowest BCUT2D eigenvalue weighted by Gasteiger charge is -2.01. The minimum Gasteiger partial charge on any atom is -0.324 e. The minimum absolute atomic E-state index is 0.00824. The van der Waals surface area contributed by atoms with Crippen LogP contribution in [0.25, 0.3) is 0 Å². The van der Waals surface area contributed by atoms with E-state index in [1.165, 1.54) is 6.20 Å². The van der Waals surface area contributed by atoms with Crippen LogP contribution in [-0.2, 0) is 6.42 Å². The van der Waals surface area contributed by atoms with Crippen LogP contribution in [0.3, 0.4) is 0 Å². The molecule has 0 unspecified atom stereocenters. The summed E-state index contributed by atoms with van der Waals surface area (Å²) in [5, 5.41) is 0. The second kappa shape index (κ2) is 3.92. The fourth-order valence-electron chi connectivity index (χ4n) is 0.955. The molecule has 1 aromatic heterocycles. The van der Waals surface area contributed by atoms with Crippen LogP contribution in [-0.4, -0.2) is 22.3 Å². The van der Waals surface area contributed by atoms with Gasteiger partial charge in [0.05, 0.1) is 12.2 Å². The molecule has 0 aliphatic heterocycles. The van der Waals surface area contributed by atoms with Gasteiger partial charge in [-0.15, -0.1) is 0 Å². The Hall–Kier alpha value is -1.29. The standard InChI is InChI=1S/C8H11N3O/c1-2-6-8(7(12)5-9)11-4-3-10-6/h3-4H,2,5,9H2,1H3. The Morgan fingerprint density at radius 2 is 2.17 bits per heavy atom. The predicted octanol–water partition coefficient (Wildman–Crippen LogP) is 0.180. The molecule has 0 atom stereocenters. The van der Waals surface area contributed by atoms with E-state index in [9.17, 15) is 4.79 Å². The van der Waals surface area contributed by atoms with Gasteiger partial charge in [-0.2, -0.15) is 0 Å². The van der Waals surface area contributed by atoms with Gasteiger partial charge in [-0.3, -0.25) is 9.78 Å². The SMILES string of the molecule is CCc1nccnc1C(=O)CN. The normalized spacial score (nSPS) is 9.83. The van der Waals surface area contributed by atoms with Crippen molar-refractivity contribution in [3.63, 3.8) is 0 Å². The van der Waals surface area contributed by atoms with Crippen molar-refractivity contribution in [2.24, 2.45) is 5.73 Å². The lowest BCUT2D eigenvalue weighted by Crippen LogP contribution is -2.17. The number of carbonyl (C=O) groups excluding carboxylic acids is 1. The fourth-order valence-corrected chi connectivity index (χ4v) is 0.955. The molecule has 0 spiro atoms. The minimum atomic E-state index is -0.153. The number of hydrogen-bond donors (Lipinski definition) is 1. The molecule has 0 aromatic carbocycles. The lowest BCUT2D eigenvalue weighted by atomic mass is 10.2. The molecule has 2 N–H and O–H groups in total. The molecule has 0 bridgehead atoms. The summed E-state index contributed by atoms with van der Waals surface area (Å²) in [4.78, 5) is 19.1. The molecule has 0 saturated heterocycles. The van der Waals surface area contributed by atoms with E-state index in [1.807, 2.05) is 6.92 Å². The van der Waals surface area contributed by atoms with Crippen LogP contribution in [0, 0.1) is 0 Å². The van der Waals surface area contributed by atoms with Crippen molar-refractivity contribution in [3.8, 4) is 0 Å². The summed E-state index contributed by atoms with van der Waals surface area (Å²) < 4.78 is 0. The number of Topliss-reactive ketones (excluding diaryl/α,β-unsaturated/α-hetero) is 1. The van der Waals surface area contributed by atoms with Gasteiger partial charge in [0.25, 0.3) is 0 Å². The maximum absolute atomic E-state index is 11.2. The maximum atomic E-state index is 11.2. The molecule has 12 heavy (non-hydrogen) atoms. The van der Waals surface area contributed by atoms with Gasteiger partial charge in [-0.05, 0) is 6.42 Å². The number of nitrogens with two attached hydrogens (primary N) is 1.